The highest BCUT2D eigenvalue weighted by molar-refractivity contribution is 5.96. The van der Waals surface area contributed by atoms with E-state index in [0.29, 0.717) is 12.8 Å². The molecule has 0 aromatic heterocycles. The van der Waals surface area contributed by atoms with Gasteiger partial charge in [0.1, 0.15) is 18.2 Å². The molecule has 2 aliphatic heterocycles. The average Bonchev–Trinajstić information content (AvgIpc) is 3.09. The number of ketones is 1. The largest absolute Gasteiger partial charge is 0.466 e. The molecule has 0 N–H and O–H groups in total. The van der Waals surface area contributed by atoms with Crippen LogP contribution in [0.15, 0.2) is 0 Å². The van der Waals surface area contributed by atoms with Gasteiger partial charge in [-0.2, -0.15) is 13.2 Å². The number of alkyl halides is 3. The summed E-state index contributed by atoms with van der Waals surface area (Å²) in [7, 11) is 1.21. The quantitative estimate of drug-likeness (QED) is 0.496. The van der Waals surface area contributed by atoms with Crippen molar-refractivity contribution in [2.24, 2.45) is 5.92 Å². The van der Waals surface area contributed by atoms with Gasteiger partial charge >= 0.3 is 18.2 Å². The van der Waals surface area contributed by atoms with Crippen molar-refractivity contribution in [1.29, 1.82) is 0 Å². The minimum atomic E-state index is -4.33. The second kappa shape index (κ2) is 9.58. The molecule has 28 heavy (non-hydrogen) atoms. The third kappa shape index (κ3) is 5.59. The second-order valence-electron chi connectivity index (χ2n) is 7.18. The van der Waals surface area contributed by atoms with Crippen LogP contribution >= 0.6 is 0 Å². The number of hydrogen-bond donors (Lipinski definition) is 0. The highest BCUT2D eigenvalue weighted by Crippen LogP contribution is 2.34. The minimum Gasteiger partial charge on any atom is -0.466 e. The Morgan fingerprint density at radius 2 is 1.86 bits per heavy atom. The number of methoxy groups -OCH3 is 1. The van der Waals surface area contributed by atoms with E-state index in [1.165, 1.54) is 16.9 Å². The summed E-state index contributed by atoms with van der Waals surface area (Å²) in [4.78, 5) is 38.8. The molecule has 0 unspecified atom stereocenters. The number of amides is 1. The van der Waals surface area contributed by atoms with Crippen LogP contribution in [0.5, 0.6) is 0 Å². The van der Waals surface area contributed by atoms with Gasteiger partial charge in [0.05, 0.1) is 13.7 Å². The Hall–Kier alpha value is -1.84. The first kappa shape index (κ1) is 22.4. The molecule has 1 amide bonds. The number of esters is 1. The van der Waals surface area contributed by atoms with Crippen LogP contribution in [0, 0.1) is 5.92 Å². The fourth-order valence-electron chi connectivity index (χ4n) is 4.06. The van der Waals surface area contributed by atoms with E-state index < -0.39 is 36.2 Å². The number of ether oxygens (including phenoxy) is 2. The predicted molar refractivity (Wildman–Crippen MR) is 92.5 cm³/mol. The van der Waals surface area contributed by atoms with Crippen LogP contribution in [0.25, 0.3) is 0 Å². The lowest BCUT2D eigenvalue weighted by Gasteiger charge is -2.41. The summed E-state index contributed by atoms with van der Waals surface area (Å²) in [5, 5.41) is 0. The summed E-state index contributed by atoms with van der Waals surface area (Å²) in [5.74, 6) is -1.42. The molecule has 3 atom stereocenters. The van der Waals surface area contributed by atoms with Crippen LogP contribution in [-0.4, -0.2) is 79.3 Å². The van der Waals surface area contributed by atoms with Crippen molar-refractivity contribution < 1.29 is 37.0 Å². The average molecular weight is 408 g/mol. The van der Waals surface area contributed by atoms with Gasteiger partial charge in [-0.05, 0) is 39.2 Å². The van der Waals surface area contributed by atoms with Gasteiger partial charge < -0.3 is 14.4 Å². The number of rotatable bonds is 6. The number of likely N-dealkylation sites (tertiary alicyclic amines) is 2. The zero-order valence-corrected chi connectivity index (χ0v) is 16.2. The lowest BCUT2D eigenvalue weighted by atomic mass is 9.86. The maximum atomic E-state index is 13.3. The van der Waals surface area contributed by atoms with E-state index in [2.05, 4.69) is 0 Å². The molecule has 7 nitrogen and oxygen atoms in total. The van der Waals surface area contributed by atoms with Gasteiger partial charge in [-0.1, -0.05) is 0 Å². The molecule has 2 saturated heterocycles. The van der Waals surface area contributed by atoms with Gasteiger partial charge in [-0.3, -0.25) is 14.5 Å². The first-order valence-electron chi connectivity index (χ1n) is 9.51. The molecule has 0 saturated carbocycles. The number of halogens is 3. The third-order valence-electron chi connectivity index (χ3n) is 5.39. The first-order valence-corrected chi connectivity index (χ1v) is 9.51. The summed E-state index contributed by atoms with van der Waals surface area (Å²) in [5.41, 5.74) is 0. The molecule has 0 aromatic carbocycles. The van der Waals surface area contributed by atoms with Gasteiger partial charge in [-0.15, -0.1) is 0 Å². The van der Waals surface area contributed by atoms with Gasteiger partial charge in [0.2, 0.25) is 0 Å². The fraction of sp³-hybridized carbons (Fsp3) is 0.833. The number of nitrogens with zero attached hydrogens (tertiary/aromatic N) is 2. The van der Waals surface area contributed by atoms with Crippen molar-refractivity contribution >= 4 is 17.8 Å². The molecule has 0 aromatic rings. The lowest BCUT2D eigenvalue weighted by molar-refractivity contribution is -0.177. The first-order chi connectivity index (χ1) is 13.2. The minimum absolute atomic E-state index is 0.0163. The van der Waals surface area contributed by atoms with E-state index in [9.17, 15) is 27.6 Å². The highest BCUT2D eigenvalue weighted by atomic mass is 19.4. The molecular weight excluding hydrogens is 381 g/mol. The van der Waals surface area contributed by atoms with Crippen molar-refractivity contribution in [2.75, 3.05) is 33.4 Å². The normalized spacial score (nSPS) is 26.2. The smallest absolute Gasteiger partial charge is 0.409 e. The van der Waals surface area contributed by atoms with Gasteiger partial charge in [0.25, 0.3) is 0 Å². The molecule has 2 rings (SSSR count). The number of Topliss-reactive ketones (excluding diaryl/α,β-unsaturated/α-hetero) is 1. The van der Waals surface area contributed by atoms with E-state index in [0.717, 1.165) is 0 Å². The van der Waals surface area contributed by atoms with E-state index in [4.69, 9.17) is 9.47 Å². The Bertz CT molecular complexity index is 584. The topological polar surface area (TPSA) is 76.2 Å². The third-order valence-corrected chi connectivity index (χ3v) is 5.39. The van der Waals surface area contributed by atoms with Crippen LogP contribution in [0.3, 0.4) is 0 Å². The molecule has 2 aliphatic rings. The molecule has 0 radical (unpaired) electrons. The summed E-state index contributed by atoms with van der Waals surface area (Å²) < 4.78 is 49.3. The lowest BCUT2D eigenvalue weighted by Crippen LogP contribution is -2.54. The molecule has 0 aliphatic carbocycles. The number of carbonyl (C=O) groups excluding carboxylic acids is 3. The van der Waals surface area contributed by atoms with E-state index in [1.54, 1.807) is 6.92 Å². The summed E-state index contributed by atoms with van der Waals surface area (Å²) in [6, 6.07) is -2.12. The maximum Gasteiger partial charge on any atom is 0.409 e. The van der Waals surface area contributed by atoms with Crippen molar-refractivity contribution in [3.63, 3.8) is 0 Å². The monoisotopic (exact) mass is 408 g/mol. The summed E-state index contributed by atoms with van der Waals surface area (Å²) >= 11 is 0. The van der Waals surface area contributed by atoms with Crippen LogP contribution in [0.2, 0.25) is 0 Å². The highest BCUT2D eigenvalue weighted by Gasteiger charge is 2.47. The zero-order valence-electron chi connectivity index (χ0n) is 16.2. The molecule has 10 heteroatoms. The maximum absolute atomic E-state index is 13.3. The van der Waals surface area contributed by atoms with Crippen LogP contribution in [-0.2, 0) is 19.1 Å². The Morgan fingerprint density at radius 1 is 1.14 bits per heavy atom. The Kier molecular flexibility index (Phi) is 7.68. The van der Waals surface area contributed by atoms with Gasteiger partial charge in [0.15, 0.2) is 0 Å². The number of carbonyl (C=O) groups is 3. The SMILES string of the molecule is CCOC(=O)CC(=O)[C@@H]1CCN(C(=O)OC)[C@@H](CN2CCC[C@@H]2C(F)(F)F)C1. The van der Waals surface area contributed by atoms with Crippen LogP contribution in [0.1, 0.15) is 39.0 Å². The molecule has 0 bridgehead atoms. The Morgan fingerprint density at radius 3 is 2.46 bits per heavy atom. The number of hydrogen-bond acceptors (Lipinski definition) is 6. The van der Waals surface area contributed by atoms with E-state index in [-0.39, 0.29) is 51.3 Å². The van der Waals surface area contributed by atoms with E-state index >= 15 is 0 Å². The van der Waals surface area contributed by atoms with Gasteiger partial charge in [-0.25, -0.2) is 4.79 Å². The summed E-state index contributed by atoms with van der Waals surface area (Å²) in [6.45, 7) is 2.31. The standard InChI is InChI=1S/C18H27F3N2O5/c1-3-28-16(25)10-14(24)12-6-8-23(17(26)27-2)13(9-12)11-22-7-4-5-15(22)18(19,20)21/h12-13,15H,3-11H2,1-2H3/t12-,13-,15-/m1/s1. The number of piperidine rings is 1. The Labute approximate surface area is 162 Å². The van der Waals surface area contributed by atoms with Crippen molar-refractivity contribution in [1.82, 2.24) is 9.80 Å². The molecule has 0 spiro atoms. The van der Waals surface area contributed by atoms with Crippen molar-refractivity contribution in [2.45, 2.75) is 57.3 Å². The molecular formula is C18H27F3N2O5. The van der Waals surface area contributed by atoms with Crippen molar-refractivity contribution in [3.05, 3.63) is 0 Å². The molecule has 2 heterocycles. The molecule has 2 fully saturated rings. The zero-order chi connectivity index (χ0) is 20.9. The predicted octanol–water partition coefficient (Wildman–Crippen LogP) is 2.38. The Balaban J connectivity index is 2.08. The summed E-state index contributed by atoms with van der Waals surface area (Å²) in [6.07, 6.45) is -4.32. The van der Waals surface area contributed by atoms with Crippen LogP contribution < -0.4 is 0 Å². The van der Waals surface area contributed by atoms with E-state index in [1.807, 2.05) is 0 Å². The van der Waals surface area contributed by atoms with Gasteiger partial charge in [0, 0.05) is 25.0 Å². The molecule has 160 valence electrons. The second-order valence-corrected chi connectivity index (χ2v) is 7.18. The van der Waals surface area contributed by atoms with Crippen molar-refractivity contribution in [3.8, 4) is 0 Å². The fourth-order valence-corrected chi connectivity index (χ4v) is 4.06. The van der Waals surface area contributed by atoms with Crippen LogP contribution in [0.4, 0.5) is 18.0 Å².